The van der Waals surface area contributed by atoms with Gasteiger partial charge in [0.05, 0.1) is 18.1 Å². The fourth-order valence-corrected chi connectivity index (χ4v) is 5.51. The van der Waals surface area contributed by atoms with E-state index in [0.29, 0.717) is 30.8 Å². The number of amides is 1. The number of aryl methyl sites for hydroxylation is 2. The smallest absolute Gasteiger partial charge is 0.257 e. The van der Waals surface area contributed by atoms with E-state index < -0.39 is 0 Å². The highest BCUT2D eigenvalue weighted by molar-refractivity contribution is 7.18. The molecule has 0 saturated carbocycles. The number of carbonyl (C=O) groups is 1. The maximum absolute atomic E-state index is 13.2. The molecule has 7 heteroatoms. The van der Waals surface area contributed by atoms with E-state index in [1.54, 1.807) is 18.4 Å². The van der Waals surface area contributed by atoms with Gasteiger partial charge in [-0.25, -0.2) is 9.97 Å². The summed E-state index contributed by atoms with van der Waals surface area (Å²) < 4.78 is 5.40. The van der Waals surface area contributed by atoms with Crippen LogP contribution >= 0.6 is 11.3 Å². The van der Waals surface area contributed by atoms with Gasteiger partial charge in [0.2, 0.25) is 0 Å². The largest absolute Gasteiger partial charge is 0.496 e. The molecule has 5 rings (SSSR count). The summed E-state index contributed by atoms with van der Waals surface area (Å²) in [6.45, 7) is 7.03. The zero-order valence-electron chi connectivity index (χ0n) is 19.7. The third-order valence-corrected chi connectivity index (χ3v) is 7.57. The first kappa shape index (κ1) is 22.3. The lowest BCUT2D eigenvalue weighted by molar-refractivity contribution is 0.0743. The zero-order valence-corrected chi connectivity index (χ0v) is 20.6. The molecule has 0 aliphatic carbocycles. The molecule has 0 N–H and O–H groups in total. The van der Waals surface area contributed by atoms with Gasteiger partial charge >= 0.3 is 0 Å². The van der Waals surface area contributed by atoms with Crippen molar-refractivity contribution < 1.29 is 9.53 Å². The molecule has 3 heterocycles. The molecule has 174 valence electrons. The number of carbonyl (C=O) groups excluding carboxylic acids is 1. The van der Waals surface area contributed by atoms with Crippen molar-refractivity contribution in [3.05, 3.63) is 82.0 Å². The molecule has 2 aromatic carbocycles. The van der Waals surface area contributed by atoms with Gasteiger partial charge in [0, 0.05) is 37.5 Å². The van der Waals surface area contributed by atoms with E-state index in [-0.39, 0.29) is 5.91 Å². The van der Waals surface area contributed by atoms with E-state index in [9.17, 15) is 4.79 Å². The number of nitrogens with zero attached hydrogens (tertiary/aromatic N) is 4. The van der Waals surface area contributed by atoms with Crippen molar-refractivity contribution in [2.45, 2.75) is 20.3 Å². The summed E-state index contributed by atoms with van der Waals surface area (Å²) >= 11 is 1.73. The van der Waals surface area contributed by atoms with Crippen LogP contribution in [0.5, 0.6) is 5.75 Å². The van der Waals surface area contributed by atoms with Crippen molar-refractivity contribution in [2.75, 3.05) is 38.2 Å². The van der Waals surface area contributed by atoms with Crippen molar-refractivity contribution in [1.82, 2.24) is 14.9 Å². The van der Waals surface area contributed by atoms with Crippen molar-refractivity contribution >= 4 is 33.3 Å². The predicted molar refractivity (Wildman–Crippen MR) is 137 cm³/mol. The molecule has 6 nitrogen and oxygen atoms in total. The molecule has 1 amide bonds. The molecule has 1 aliphatic heterocycles. The van der Waals surface area contributed by atoms with Gasteiger partial charge in [-0.15, -0.1) is 11.3 Å². The van der Waals surface area contributed by atoms with Crippen LogP contribution in [0.25, 0.3) is 10.2 Å². The van der Waals surface area contributed by atoms with E-state index in [2.05, 4.69) is 30.9 Å². The number of benzene rings is 2. The summed E-state index contributed by atoms with van der Waals surface area (Å²) in [7, 11) is 1.60. The Morgan fingerprint density at radius 2 is 1.68 bits per heavy atom. The molecule has 34 heavy (non-hydrogen) atoms. The Balaban J connectivity index is 1.41. The Hall–Kier alpha value is -3.45. The first-order chi connectivity index (χ1) is 16.5. The number of thiophene rings is 1. The van der Waals surface area contributed by atoms with E-state index in [1.165, 1.54) is 16.0 Å². The number of rotatable bonds is 5. The third-order valence-electron chi connectivity index (χ3n) is 6.46. The second-order valence-corrected chi connectivity index (χ2v) is 9.77. The topological polar surface area (TPSA) is 58.6 Å². The maximum Gasteiger partial charge on any atom is 0.257 e. The molecule has 2 aromatic heterocycles. The molecule has 1 aliphatic rings. The highest BCUT2D eigenvalue weighted by Crippen LogP contribution is 2.35. The monoisotopic (exact) mass is 472 g/mol. The van der Waals surface area contributed by atoms with Gasteiger partial charge in [-0.2, -0.15) is 0 Å². The molecule has 0 spiro atoms. The SMILES string of the molecule is COc1ccccc1C(=O)N1CCN(c2nc(Cc3ccccc3)nc3sc(C)c(C)c23)CC1. The molecule has 1 fully saturated rings. The van der Waals surface area contributed by atoms with Crippen molar-refractivity contribution in [3.63, 3.8) is 0 Å². The van der Waals surface area contributed by atoms with Crippen molar-refractivity contribution in [1.29, 1.82) is 0 Å². The summed E-state index contributed by atoms with van der Waals surface area (Å²) in [5.74, 6) is 2.45. The Morgan fingerprint density at radius 1 is 0.971 bits per heavy atom. The van der Waals surface area contributed by atoms with Gasteiger partial charge in [0.25, 0.3) is 5.91 Å². The number of aromatic nitrogens is 2. The number of para-hydroxylation sites is 1. The second kappa shape index (κ2) is 9.43. The quantitative estimate of drug-likeness (QED) is 0.415. The molecular formula is C27H28N4O2S. The number of ether oxygens (including phenoxy) is 1. The number of fused-ring (bicyclic) bond motifs is 1. The van der Waals surface area contributed by atoms with Crippen LogP contribution in [-0.2, 0) is 6.42 Å². The van der Waals surface area contributed by atoms with E-state index in [4.69, 9.17) is 14.7 Å². The third kappa shape index (κ3) is 4.23. The fourth-order valence-electron chi connectivity index (χ4n) is 4.47. The number of hydrogen-bond acceptors (Lipinski definition) is 6. The Labute approximate surface area is 203 Å². The minimum atomic E-state index is 0.0114. The highest BCUT2D eigenvalue weighted by Gasteiger charge is 2.27. The van der Waals surface area contributed by atoms with E-state index >= 15 is 0 Å². The Kier molecular flexibility index (Phi) is 6.20. The molecule has 4 aromatic rings. The lowest BCUT2D eigenvalue weighted by atomic mass is 10.1. The zero-order chi connectivity index (χ0) is 23.7. The van der Waals surface area contributed by atoms with Gasteiger partial charge in [-0.1, -0.05) is 42.5 Å². The molecule has 0 atom stereocenters. The first-order valence-corrected chi connectivity index (χ1v) is 12.3. The number of anilines is 1. The average molecular weight is 473 g/mol. The molecule has 0 unspecified atom stereocenters. The normalized spacial score (nSPS) is 14.0. The van der Waals surface area contributed by atoms with Gasteiger partial charge in [0.1, 0.15) is 22.2 Å². The van der Waals surface area contributed by atoms with Crippen LogP contribution in [-0.4, -0.2) is 54.1 Å². The minimum Gasteiger partial charge on any atom is -0.496 e. The summed E-state index contributed by atoms with van der Waals surface area (Å²) in [5.41, 5.74) is 3.05. The van der Waals surface area contributed by atoms with Gasteiger partial charge in [-0.05, 0) is 37.1 Å². The number of methoxy groups -OCH3 is 1. The van der Waals surface area contributed by atoms with Crippen LogP contribution in [0.15, 0.2) is 54.6 Å². The van der Waals surface area contributed by atoms with E-state index in [1.807, 2.05) is 47.4 Å². The lowest BCUT2D eigenvalue weighted by Crippen LogP contribution is -2.49. The maximum atomic E-state index is 13.2. The average Bonchev–Trinajstić information content (AvgIpc) is 3.16. The second-order valence-electron chi connectivity index (χ2n) is 8.57. The number of hydrogen-bond donors (Lipinski definition) is 0. The lowest BCUT2D eigenvalue weighted by Gasteiger charge is -2.36. The van der Waals surface area contributed by atoms with E-state index in [0.717, 1.165) is 34.9 Å². The van der Waals surface area contributed by atoms with Crippen LogP contribution in [0.1, 0.15) is 32.2 Å². The molecule has 1 saturated heterocycles. The van der Waals surface area contributed by atoms with Gasteiger partial charge < -0.3 is 14.5 Å². The summed E-state index contributed by atoms with van der Waals surface area (Å²) in [6.07, 6.45) is 0.700. The van der Waals surface area contributed by atoms with Gasteiger partial charge in [0.15, 0.2) is 0 Å². The Morgan fingerprint density at radius 3 is 2.41 bits per heavy atom. The van der Waals surface area contributed by atoms with Crippen LogP contribution in [0.3, 0.4) is 0 Å². The Bertz CT molecular complexity index is 1330. The number of piperazine rings is 1. The van der Waals surface area contributed by atoms with Gasteiger partial charge in [-0.3, -0.25) is 4.79 Å². The molecular weight excluding hydrogens is 444 g/mol. The summed E-state index contributed by atoms with van der Waals surface area (Å²) in [5, 5.41) is 1.14. The minimum absolute atomic E-state index is 0.0114. The van der Waals surface area contributed by atoms with Crippen molar-refractivity contribution in [3.8, 4) is 5.75 Å². The first-order valence-electron chi connectivity index (χ1n) is 11.5. The summed E-state index contributed by atoms with van der Waals surface area (Å²) in [6, 6.07) is 17.8. The molecule has 0 bridgehead atoms. The van der Waals surface area contributed by atoms with Crippen molar-refractivity contribution in [2.24, 2.45) is 0 Å². The summed E-state index contributed by atoms with van der Waals surface area (Å²) in [4.78, 5) is 29.6. The predicted octanol–water partition coefficient (Wildman–Crippen LogP) is 4.87. The standard InChI is InChI=1S/C27H28N4O2S/c1-18-19(2)34-26-24(18)25(28-23(29-26)17-20-9-5-4-6-10-20)30-13-15-31(16-14-30)27(32)21-11-7-8-12-22(21)33-3/h4-12H,13-17H2,1-3H3. The highest BCUT2D eigenvalue weighted by atomic mass is 32.1. The fraction of sp³-hybridized carbons (Fsp3) is 0.296. The molecule has 0 radical (unpaired) electrons. The van der Waals surface area contributed by atoms with Crippen LogP contribution in [0, 0.1) is 13.8 Å². The van der Waals surface area contributed by atoms with Crippen LogP contribution < -0.4 is 9.64 Å². The van der Waals surface area contributed by atoms with Crippen LogP contribution in [0.4, 0.5) is 5.82 Å². The van der Waals surface area contributed by atoms with Crippen LogP contribution in [0.2, 0.25) is 0 Å².